The van der Waals surface area contributed by atoms with Crippen molar-refractivity contribution in [2.75, 3.05) is 0 Å². The van der Waals surface area contributed by atoms with Gasteiger partial charge in [-0.3, -0.25) is 4.79 Å². The molecule has 0 bridgehead atoms. The van der Waals surface area contributed by atoms with Crippen LogP contribution >= 0.6 is 0 Å². The predicted molar refractivity (Wildman–Crippen MR) is 85.5 cm³/mol. The van der Waals surface area contributed by atoms with E-state index in [1.807, 2.05) is 6.07 Å². The van der Waals surface area contributed by atoms with E-state index in [0.717, 1.165) is 6.42 Å². The van der Waals surface area contributed by atoms with Gasteiger partial charge in [-0.25, -0.2) is 0 Å². The van der Waals surface area contributed by atoms with Crippen molar-refractivity contribution in [3.63, 3.8) is 0 Å². The molecule has 3 atom stereocenters. The lowest BCUT2D eigenvalue weighted by atomic mass is 9.65. The van der Waals surface area contributed by atoms with E-state index in [4.69, 9.17) is 0 Å². The molecule has 2 heteroatoms. The maximum Gasteiger partial charge on any atom is 0.227 e. The average Bonchev–Trinajstić information content (AvgIpc) is 2.49. The minimum Gasteiger partial charge on any atom is -0.309 e. The van der Waals surface area contributed by atoms with Crippen molar-refractivity contribution in [1.82, 2.24) is 4.90 Å². The SMILES string of the molecule is C[C@H](c1ccccc1)N1C(=O)C[C@@H](C)[C@]2(C)CCCC=C12. The summed E-state index contributed by atoms with van der Waals surface area (Å²) >= 11 is 0. The normalized spacial score (nSPS) is 30.6. The number of benzene rings is 1. The summed E-state index contributed by atoms with van der Waals surface area (Å²) < 4.78 is 0. The molecule has 0 aromatic heterocycles. The molecular weight excluding hydrogens is 258 g/mol. The molecule has 3 rings (SSSR count). The summed E-state index contributed by atoms with van der Waals surface area (Å²) in [6.07, 6.45) is 6.53. The van der Waals surface area contributed by atoms with Crippen LogP contribution in [0.2, 0.25) is 0 Å². The highest BCUT2D eigenvalue weighted by Crippen LogP contribution is 2.51. The number of fused-ring (bicyclic) bond motifs is 1. The molecule has 1 heterocycles. The van der Waals surface area contributed by atoms with E-state index in [-0.39, 0.29) is 17.4 Å². The van der Waals surface area contributed by atoms with E-state index < -0.39 is 0 Å². The van der Waals surface area contributed by atoms with Gasteiger partial charge in [0.05, 0.1) is 6.04 Å². The van der Waals surface area contributed by atoms with Crippen LogP contribution in [0.25, 0.3) is 0 Å². The molecule has 1 aliphatic heterocycles. The number of hydrogen-bond acceptors (Lipinski definition) is 1. The summed E-state index contributed by atoms with van der Waals surface area (Å²) in [5, 5.41) is 0. The number of likely N-dealkylation sites (tertiary alicyclic amines) is 1. The van der Waals surface area contributed by atoms with Crippen molar-refractivity contribution in [2.24, 2.45) is 11.3 Å². The molecule has 0 N–H and O–H groups in total. The number of rotatable bonds is 2. The molecule has 1 aliphatic carbocycles. The molecule has 0 unspecified atom stereocenters. The Morgan fingerprint density at radius 3 is 2.71 bits per heavy atom. The minimum atomic E-state index is 0.120. The average molecular weight is 283 g/mol. The highest BCUT2D eigenvalue weighted by molar-refractivity contribution is 5.81. The smallest absolute Gasteiger partial charge is 0.227 e. The predicted octanol–water partition coefficient (Wildman–Crippen LogP) is 4.69. The van der Waals surface area contributed by atoms with Crippen LogP contribution in [0, 0.1) is 11.3 Å². The van der Waals surface area contributed by atoms with Crippen molar-refractivity contribution in [2.45, 2.75) is 52.5 Å². The summed E-state index contributed by atoms with van der Waals surface area (Å²) in [5.74, 6) is 0.722. The summed E-state index contributed by atoms with van der Waals surface area (Å²) in [5.41, 5.74) is 2.65. The van der Waals surface area contributed by atoms with Gasteiger partial charge in [0.15, 0.2) is 0 Å². The Kier molecular flexibility index (Phi) is 3.64. The van der Waals surface area contributed by atoms with Crippen LogP contribution in [-0.4, -0.2) is 10.8 Å². The van der Waals surface area contributed by atoms with Gasteiger partial charge in [-0.15, -0.1) is 0 Å². The summed E-state index contributed by atoms with van der Waals surface area (Å²) in [7, 11) is 0. The third-order valence-electron chi connectivity index (χ3n) is 5.59. The van der Waals surface area contributed by atoms with E-state index in [0.29, 0.717) is 12.3 Å². The number of hydrogen-bond donors (Lipinski definition) is 0. The first-order valence-corrected chi connectivity index (χ1v) is 8.11. The molecule has 2 aliphatic rings. The van der Waals surface area contributed by atoms with Gasteiger partial charge >= 0.3 is 0 Å². The van der Waals surface area contributed by atoms with E-state index in [1.165, 1.54) is 24.1 Å². The van der Waals surface area contributed by atoms with Gasteiger partial charge in [0, 0.05) is 17.5 Å². The van der Waals surface area contributed by atoms with Crippen LogP contribution in [0.3, 0.4) is 0 Å². The Morgan fingerprint density at radius 2 is 2.00 bits per heavy atom. The van der Waals surface area contributed by atoms with Gasteiger partial charge in [-0.2, -0.15) is 0 Å². The standard InChI is InChI=1S/C19H25NO/c1-14-13-18(21)20(15(2)16-9-5-4-6-10-16)17-11-7-8-12-19(14,17)3/h4-6,9-11,14-15H,7-8,12-13H2,1-3H3/t14-,15-,19+/m1/s1. The van der Waals surface area contributed by atoms with Crippen LogP contribution in [0.4, 0.5) is 0 Å². The lowest BCUT2D eigenvalue weighted by Gasteiger charge is -2.51. The van der Waals surface area contributed by atoms with Crippen molar-refractivity contribution in [3.05, 3.63) is 47.7 Å². The molecule has 1 amide bonds. The molecule has 1 fully saturated rings. The van der Waals surface area contributed by atoms with E-state index in [9.17, 15) is 4.79 Å². The second kappa shape index (κ2) is 5.32. The Bertz CT molecular complexity index is 562. The number of piperidine rings is 1. The molecule has 0 saturated carbocycles. The number of nitrogens with zero attached hydrogens (tertiary/aromatic N) is 1. The second-order valence-electron chi connectivity index (χ2n) is 6.85. The fraction of sp³-hybridized carbons (Fsp3) is 0.526. The van der Waals surface area contributed by atoms with Crippen LogP contribution in [0.5, 0.6) is 0 Å². The van der Waals surface area contributed by atoms with Gasteiger partial charge in [0.1, 0.15) is 0 Å². The lowest BCUT2D eigenvalue weighted by Crippen LogP contribution is -2.49. The largest absolute Gasteiger partial charge is 0.309 e. The van der Waals surface area contributed by atoms with Crippen molar-refractivity contribution < 1.29 is 4.79 Å². The highest BCUT2D eigenvalue weighted by atomic mass is 16.2. The Morgan fingerprint density at radius 1 is 1.29 bits per heavy atom. The fourth-order valence-electron chi connectivity index (χ4n) is 3.97. The summed E-state index contributed by atoms with van der Waals surface area (Å²) in [6.45, 7) is 6.74. The molecule has 0 spiro atoms. The van der Waals surface area contributed by atoms with Gasteiger partial charge in [-0.1, -0.05) is 50.3 Å². The molecule has 0 radical (unpaired) electrons. The topological polar surface area (TPSA) is 20.3 Å². The summed E-state index contributed by atoms with van der Waals surface area (Å²) in [4.78, 5) is 14.8. The fourth-order valence-corrected chi connectivity index (χ4v) is 3.97. The van der Waals surface area contributed by atoms with Gasteiger partial charge < -0.3 is 4.90 Å². The minimum absolute atomic E-state index is 0.120. The third kappa shape index (κ3) is 2.31. The quantitative estimate of drug-likeness (QED) is 0.771. The van der Waals surface area contributed by atoms with Gasteiger partial charge in [0.2, 0.25) is 5.91 Å². The number of allylic oxidation sites excluding steroid dienone is 2. The van der Waals surface area contributed by atoms with Crippen LogP contribution in [0.15, 0.2) is 42.1 Å². The maximum absolute atomic E-state index is 12.7. The van der Waals surface area contributed by atoms with Gasteiger partial charge in [0.25, 0.3) is 0 Å². The molecular formula is C19H25NO. The Balaban J connectivity index is 2.00. The van der Waals surface area contributed by atoms with Crippen molar-refractivity contribution in [1.29, 1.82) is 0 Å². The van der Waals surface area contributed by atoms with Gasteiger partial charge in [-0.05, 0) is 37.7 Å². The van der Waals surface area contributed by atoms with Crippen LogP contribution < -0.4 is 0 Å². The molecule has 21 heavy (non-hydrogen) atoms. The first kappa shape index (κ1) is 14.4. The van der Waals surface area contributed by atoms with Crippen molar-refractivity contribution >= 4 is 5.91 Å². The summed E-state index contributed by atoms with van der Waals surface area (Å²) in [6, 6.07) is 10.5. The zero-order valence-electron chi connectivity index (χ0n) is 13.3. The third-order valence-corrected chi connectivity index (χ3v) is 5.59. The highest BCUT2D eigenvalue weighted by Gasteiger charge is 2.46. The molecule has 1 aromatic carbocycles. The first-order chi connectivity index (χ1) is 10.0. The number of amides is 1. The monoisotopic (exact) mass is 283 g/mol. The Hall–Kier alpha value is -1.57. The van der Waals surface area contributed by atoms with E-state index in [1.54, 1.807) is 0 Å². The number of carbonyl (C=O) groups is 1. The molecule has 2 nitrogen and oxygen atoms in total. The van der Waals surface area contributed by atoms with Crippen molar-refractivity contribution in [3.8, 4) is 0 Å². The second-order valence-corrected chi connectivity index (χ2v) is 6.85. The Labute approximate surface area is 127 Å². The maximum atomic E-state index is 12.7. The van der Waals surface area contributed by atoms with E-state index in [2.05, 4.69) is 56.0 Å². The lowest BCUT2D eigenvalue weighted by molar-refractivity contribution is -0.138. The zero-order chi connectivity index (χ0) is 15.0. The molecule has 112 valence electrons. The molecule has 1 aromatic rings. The molecule has 1 saturated heterocycles. The van der Waals surface area contributed by atoms with Crippen LogP contribution in [0.1, 0.15) is 58.1 Å². The zero-order valence-corrected chi connectivity index (χ0v) is 13.3. The van der Waals surface area contributed by atoms with E-state index >= 15 is 0 Å². The number of carbonyl (C=O) groups excluding carboxylic acids is 1. The van der Waals surface area contributed by atoms with Crippen LogP contribution in [-0.2, 0) is 4.79 Å². The first-order valence-electron chi connectivity index (χ1n) is 8.11.